The molecule has 1 aromatic heterocycles. The summed E-state index contributed by atoms with van der Waals surface area (Å²) in [5.74, 6) is 1.30. The molecule has 6 heteroatoms. The molecule has 1 aromatic rings. The number of rotatable bonds is 4. The largest absolute Gasteiger partial charge is 0.475 e. The summed E-state index contributed by atoms with van der Waals surface area (Å²) in [5.41, 5.74) is 7.14. The molecule has 22 heavy (non-hydrogen) atoms. The van der Waals surface area contributed by atoms with Crippen LogP contribution in [0.4, 0.5) is 0 Å². The van der Waals surface area contributed by atoms with Gasteiger partial charge in [-0.05, 0) is 32.3 Å². The van der Waals surface area contributed by atoms with Crippen LogP contribution in [0.1, 0.15) is 45.1 Å². The maximum Gasteiger partial charge on any atom is 0.213 e. The van der Waals surface area contributed by atoms with Crippen molar-refractivity contribution in [2.24, 2.45) is 10.7 Å². The molecule has 2 N–H and O–H groups in total. The van der Waals surface area contributed by atoms with Crippen molar-refractivity contribution < 1.29 is 4.74 Å². The molecule has 1 saturated heterocycles. The van der Waals surface area contributed by atoms with Crippen LogP contribution in [-0.2, 0) is 6.54 Å². The first-order chi connectivity index (χ1) is 10.1. The molecule has 1 fully saturated rings. The number of halogens is 1. The predicted octanol–water partition coefficient (Wildman–Crippen LogP) is 3.18. The Morgan fingerprint density at radius 1 is 1.27 bits per heavy atom. The molecule has 0 atom stereocenters. The number of likely N-dealkylation sites (tertiary alicyclic amines) is 1. The predicted molar refractivity (Wildman–Crippen MR) is 101 cm³/mol. The smallest absolute Gasteiger partial charge is 0.213 e. The van der Waals surface area contributed by atoms with Crippen LogP contribution in [-0.4, -0.2) is 35.0 Å². The molecule has 2 heterocycles. The zero-order valence-electron chi connectivity index (χ0n) is 13.5. The van der Waals surface area contributed by atoms with E-state index >= 15 is 0 Å². The highest BCUT2D eigenvalue weighted by Crippen LogP contribution is 2.11. The standard InChI is InChI=1S/C16H26N4O.HI/c1-13(2)21-15-8-7-14(11-18-15)12-19-16(17)20-9-5-3-4-6-10-20;/h7-8,11,13H,3-6,9-10,12H2,1-2H3,(H2,17,19);1H. The number of pyridine rings is 1. The summed E-state index contributed by atoms with van der Waals surface area (Å²) in [6.07, 6.45) is 6.95. The van der Waals surface area contributed by atoms with Gasteiger partial charge < -0.3 is 15.4 Å². The first-order valence-corrected chi connectivity index (χ1v) is 7.81. The Labute approximate surface area is 150 Å². The van der Waals surface area contributed by atoms with Crippen LogP contribution < -0.4 is 10.5 Å². The van der Waals surface area contributed by atoms with Gasteiger partial charge in [-0.1, -0.05) is 18.9 Å². The van der Waals surface area contributed by atoms with Gasteiger partial charge in [0.25, 0.3) is 0 Å². The molecule has 124 valence electrons. The summed E-state index contributed by atoms with van der Waals surface area (Å²) >= 11 is 0. The third kappa shape index (κ3) is 6.37. The van der Waals surface area contributed by atoms with E-state index in [0.717, 1.165) is 18.7 Å². The number of aliphatic imine (C=N–C) groups is 1. The Hall–Kier alpha value is -1.05. The van der Waals surface area contributed by atoms with E-state index in [1.54, 1.807) is 6.20 Å². The minimum atomic E-state index is 0. The zero-order chi connectivity index (χ0) is 15.1. The van der Waals surface area contributed by atoms with Gasteiger partial charge in [-0.2, -0.15) is 0 Å². The third-order valence-corrected chi connectivity index (χ3v) is 3.51. The number of nitrogens with zero attached hydrogens (tertiary/aromatic N) is 3. The van der Waals surface area contributed by atoms with E-state index in [0.29, 0.717) is 18.4 Å². The number of ether oxygens (including phenoxy) is 1. The van der Waals surface area contributed by atoms with E-state index in [9.17, 15) is 0 Å². The minimum Gasteiger partial charge on any atom is -0.475 e. The summed E-state index contributed by atoms with van der Waals surface area (Å²) < 4.78 is 5.52. The molecular formula is C16H27IN4O. The number of aromatic nitrogens is 1. The molecule has 1 aliphatic rings. The van der Waals surface area contributed by atoms with Gasteiger partial charge in [0.2, 0.25) is 5.88 Å². The molecule has 2 rings (SSSR count). The van der Waals surface area contributed by atoms with Crippen molar-refractivity contribution in [2.75, 3.05) is 13.1 Å². The molecule has 0 amide bonds. The molecule has 0 bridgehead atoms. The molecule has 5 nitrogen and oxygen atoms in total. The number of hydrogen-bond acceptors (Lipinski definition) is 3. The van der Waals surface area contributed by atoms with Gasteiger partial charge in [0.15, 0.2) is 5.96 Å². The van der Waals surface area contributed by atoms with Gasteiger partial charge in [-0.15, -0.1) is 24.0 Å². The van der Waals surface area contributed by atoms with Crippen molar-refractivity contribution >= 4 is 29.9 Å². The Morgan fingerprint density at radius 3 is 2.50 bits per heavy atom. The highest BCUT2D eigenvalue weighted by atomic mass is 127. The average Bonchev–Trinajstić information content (AvgIpc) is 2.75. The molecule has 1 aliphatic heterocycles. The monoisotopic (exact) mass is 418 g/mol. The van der Waals surface area contributed by atoms with Crippen LogP contribution >= 0.6 is 24.0 Å². The number of nitrogens with two attached hydrogens (primary N) is 1. The van der Waals surface area contributed by atoms with Crippen LogP contribution in [0.15, 0.2) is 23.3 Å². The normalized spacial score (nSPS) is 16.1. The first kappa shape index (κ1) is 19.0. The number of guanidine groups is 1. The van der Waals surface area contributed by atoms with E-state index in [4.69, 9.17) is 10.5 Å². The second-order valence-corrected chi connectivity index (χ2v) is 5.75. The maximum atomic E-state index is 6.09. The van der Waals surface area contributed by atoms with Crippen LogP contribution in [0.3, 0.4) is 0 Å². The lowest BCUT2D eigenvalue weighted by Gasteiger charge is -2.21. The van der Waals surface area contributed by atoms with Gasteiger partial charge in [-0.25, -0.2) is 9.98 Å². The molecule has 0 aromatic carbocycles. The van der Waals surface area contributed by atoms with Crippen molar-refractivity contribution in [3.63, 3.8) is 0 Å². The lowest BCUT2D eigenvalue weighted by atomic mass is 10.2. The fraction of sp³-hybridized carbons (Fsp3) is 0.625. The summed E-state index contributed by atoms with van der Waals surface area (Å²) in [6.45, 7) is 6.59. The van der Waals surface area contributed by atoms with Crippen molar-refractivity contribution in [3.05, 3.63) is 23.9 Å². The van der Waals surface area contributed by atoms with Crippen molar-refractivity contribution in [2.45, 2.75) is 52.2 Å². The zero-order valence-corrected chi connectivity index (χ0v) is 15.8. The SMILES string of the molecule is CC(C)Oc1ccc(CN=C(N)N2CCCCCC2)cn1.I. The first-order valence-electron chi connectivity index (χ1n) is 7.81. The molecule has 0 aliphatic carbocycles. The van der Waals surface area contributed by atoms with Gasteiger partial charge >= 0.3 is 0 Å². The Balaban J connectivity index is 0.00000242. The van der Waals surface area contributed by atoms with Gasteiger partial charge in [0.1, 0.15) is 0 Å². The molecular weight excluding hydrogens is 391 g/mol. The summed E-state index contributed by atoms with van der Waals surface area (Å²) in [5, 5.41) is 0. The van der Waals surface area contributed by atoms with Gasteiger partial charge in [0, 0.05) is 25.4 Å². The van der Waals surface area contributed by atoms with E-state index in [1.165, 1.54) is 25.7 Å². The lowest BCUT2D eigenvalue weighted by Crippen LogP contribution is -2.38. The summed E-state index contributed by atoms with van der Waals surface area (Å²) in [6, 6.07) is 3.87. The summed E-state index contributed by atoms with van der Waals surface area (Å²) in [7, 11) is 0. The number of hydrogen-bond donors (Lipinski definition) is 1. The molecule has 0 unspecified atom stereocenters. The minimum absolute atomic E-state index is 0. The highest BCUT2D eigenvalue weighted by molar-refractivity contribution is 14.0. The third-order valence-electron chi connectivity index (χ3n) is 3.51. The van der Waals surface area contributed by atoms with E-state index in [-0.39, 0.29) is 30.1 Å². The molecule has 0 spiro atoms. The van der Waals surface area contributed by atoms with Crippen molar-refractivity contribution in [1.29, 1.82) is 0 Å². The second kappa shape index (κ2) is 9.86. The van der Waals surface area contributed by atoms with E-state index in [1.807, 2.05) is 26.0 Å². The van der Waals surface area contributed by atoms with Crippen LogP contribution in [0.5, 0.6) is 5.88 Å². The topological polar surface area (TPSA) is 63.7 Å². The van der Waals surface area contributed by atoms with Crippen LogP contribution in [0.2, 0.25) is 0 Å². The van der Waals surface area contributed by atoms with Gasteiger partial charge in [-0.3, -0.25) is 0 Å². The lowest BCUT2D eigenvalue weighted by molar-refractivity contribution is 0.232. The van der Waals surface area contributed by atoms with Gasteiger partial charge in [0.05, 0.1) is 12.6 Å². The average molecular weight is 418 g/mol. The van der Waals surface area contributed by atoms with E-state index in [2.05, 4.69) is 14.9 Å². The van der Waals surface area contributed by atoms with Crippen LogP contribution in [0, 0.1) is 0 Å². The Bertz CT molecular complexity index is 454. The summed E-state index contributed by atoms with van der Waals surface area (Å²) in [4.78, 5) is 11.0. The van der Waals surface area contributed by atoms with Crippen LogP contribution in [0.25, 0.3) is 0 Å². The molecule has 0 saturated carbocycles. The maximum absolute atomic E-state index is 6.09. The fourth-order valence-electron chi connectivity index (χ4n) is 2.39. The fourth-order valence-corrected chi connectivity index (χ4v) is 2.39. The second-order valence-electron chi connectivity index (χ2n) is 5.75. The van der Waals surface area contributed by atoms with Crippen molar-refractivity contribution in [1.82, 2.24) is 9.88 Å². The van der Waals surface area contributed by atoms with E-state index < -0.39 is 0 Å². The van der Waals surface area contributed by atoms with Crippen molar-refractivity contribution in [3.8, 4) is 5.88 Å². The highest BCUT2D eigenvalue weighted by Gasteiger charge is 2.10. The Morgan fingerprint density at radius 2 is 1.95 bits per heavy atom. The Kier molecular flexibility index (Phi) is 8.52. The molecule has 0 radical (unpaired) electrons. The quantitative estimate of drug-likeness (QED) is 0.464.